The zero-order valence-electron chi connectivity index (χ0n) is 16.4. The fraction of sp³-hybridized carbons (Fsp3) is 0.273. The van der Waals surface area contributed by atoms with Gasteiger partial charge in [-0.3, -0.25) is 9.78 Å². The lowest BCUT2D eigenvalue weighted by molar-refractivity contribution is -0.115. The molecule has 0 spiro atoms. The van der Waals surface area contributed by atoms with Crippen LogP contribution in [0.5, 0.6) is 0 Å². The van der Waals surface area contributed by atoms with Crippen molar-refractivity contribution < 1.29 is 4.79 Å². The molecule has 142 valence electrons. The SMILES string of the molecule is Cc1cc(NC(=O)C(C)Sc2nc(C(C)C)ccc2C#N)c2ccccc2n1. The summed E-state index contributed by atoms with van der Waals surface area (Å²) in [5, 5.41) is 13.5. The van der Waals surface area contributed by atoms with Gasteiger partial charge in [-0.15, -0.1) is 0 Å². The molecule has 6 heteroatoms. The second kappa shape index (κ2) is 8.41. The van der Waals surface area contributed by atoms with E-state index in [2.05, 4.69) is 35.2 Å². The summed E-state index contributed by atoms with van der Waals surface area (Å²) in [5.74, 6) is 0.115. The first kappa shape index (κ1) is 19.8. The summed E-state index contributed by atoms with van der Waals surface area (Å²) in [7, 11) is 0. The van der Waals surface area contributed by atoms with Crippen molar-refractivity contribution in [2.75, 3.05) is 5.32 Å². The number of benzene rings is 1. The van der Waals surface area contributed by atoms with Crippen molar-refractivity contribution in [2.45, 2.75) is 43.9 Å². The Kier molecular flexibility index (Phi) is 5.96. The van der Waals surface area contributed by atoms with Gasteiger partial charge in [0.1, 0.15) is 11.1 Å². The molecule has 1 atom stereocenters. The van der Waals surface area contributed by atoms with Gasteiger partial charge in [-0.25, -0.2) is 4.98 Å². The zero-order chi connectivity index (χ0) is 20.3. The number of nitriles is 1. The number of aryl methyl sites for hydroxylation is 1. The van der Waals surface area contributed by atoms with Crippen LogP contribution in [0.15, 0.2) is 47.5 Å². The van der Waals surface area contributed by atoms with Gasteiger partial charge < -0.3 is 5.32 Å². The van der Waals surface area contributed by atoms with Gasteiger partial charge >= 0.3 is 0 Å². The average Bonchev–Trinajstić information content (AvgIpc) is 2.67. The highest BCUT2D eigenvalue weighted by atomic mass is 32.2. The first-order chi connectivity index (χ1) is 13.4. The van der Waals surface area contributed by atoms with Crippen LogP contribution in [0.1, 0.15) is 43.6 Å². The molecule has 2 heterocycles. The van der Waals surface area contributed by atoms with Gasteiger partial charge in [-0.05, 0) is 44.0 Å². The Morgan fingerprint density at radius 1 is 1.14 bits per heavy atom. The number of fused-ring (bicyclic) bond motifs is 1. The molecular formula is C22H22N4OS. The summed E-state index contributed by atoms with van der Waals surface area (Å²) in [4.78, 5) is 21.9. The van der Waals surface area contributed by atoms with E-state index in [-0.39, 0.29) is 11.8 Å². The molecule has 1 unspecified atom stereocenters. The Morgan fingerprint density at radius 2 is 1.89 bits per heavy atom. The molecule has 1 aromatic carbocycles. The predicted octanol–water partition coefficient (Wildman–Crippen LogP) is 5.05. The second-order valence-corrected chi connectivity index (χ2v) is 8.26. The minimum Gasteiger partial charge on any atom is -0.324 e. The molecule has 1 N–H and O–H groups in total. The van der Waals surface area contributed by atoms with E-state index in [4.69, 9.17) is 0 Å². The van der Waals surface area contributed by atoms with Crippen molar-refractivity contribution in [2.24, 2.45) is 0 Å². The highest BCUT2D eigenvalue weighted by Crippen LogP contribution is 2.29. The number of rotatable bonds is 5. The van der Waals surface area contributed by atoms with E-state index in [1.165, 1.54) is 11.8 Å². The van der Waals surface area contributed by atoms with Crippen LogP contribution in [0.2, 0.25) is 0 Å². The van der Waals surface area contributed by atoms with Crippen LogP contribution in [-0.2, 0) is 4.79 Å². The molecule has 0 aliphatic heterocycles. The van der Waals surface area contributed by atoms with Crippen LogP contribution < -0.4 is 5.32 Å². The predicted molar refractivity (Wildman–Crippen MR) is 113 cm³/mol. The number of carbonyl (C=O) groups excluding carboxylic acids is 1. The first-order valence-corrected chi connectivity index (χ1v) is 10.0. The number of hydrogen-bond donors (Lipinski definition) is 1. The summed E-state index contributed by atoms with van der Waals surface area (Å²) in [6, 6.07) is 15.4. The molecule has 0 bridgehead atoms. The first-order valence-electron chi connectivity index (χ1n) is 9.14. The molecule has 0 saturated carbocycles. The molecule has 0 aliphatic carbocycles. The third kappa shape index (κ3) is 4.32. The third-order valence-corrected chi connectivity index (χ3v) is 5.46. The van der Waals surface area contributed by atoms with Crippen molar-refractivity contribution in [3.8, 4) is 6.07 Å². The van der Waals surface area contributed by atoms with Gasteiger partial charge in [0.2, 0.25) is 5.91 Å². The Bertz CT molecular complexity index is 1070. The Balaban J connectivity index is 1.83. The van der Waals surface area contributed by atoms with E-state index in [0.717, 1.165) is 28.0 Å². The standard InChI is InChI=1S/C22H22N4OS/c1-13(2)18-10-9-16(12-23)22(26-18)28-15(4)21(27)25-20-11-14(3)24-19-8-6-5-7-17(19)20/h5-11,13,15H,1-4H3,(H,24,25,27). The normalized spacial score (nSPS) is 12.0. The minimum absolute atomic E-state index is 0.138. The number of hydrogen-bond acceptors (Lipinski definition) is 5. The maximum absolute atomic E-state index is 12.8. The molecule has 2 aromatic heterocycles. The highest BCUT2D eigenvalue weighted by molar-refractivity contribution is 8.00. The van der Waals surface area contributed by atoms with Crippen LogP contribution in [0, 0.1) is 18.3 Å². The Hall–Kier alpha value is -2.91. The van der Waals surface area contributed by atoms with Crippen LogP contribution in [0.4, 0.5) is 5.69 Å². The lowest BCUT2D eigenvalue weighted by Crippen LogP contribution is -2.23. The second-order valence-electron chi connectivity index (χ2n) is 6.93. The lowest BCUT2D eigenvalue weighted by atomic mass is 10.1. The maximum atomic E-state index is 12.8. The number of amides is 1. The fourth-order valence-electron chi connectivity index (χ4n) is 2.82. The lowest BCUT2D eigenvalue weighted by Gasteiger charge is -2.15. The number of para-hydroxylation sites is 1. The molecule has 0 aliphatic rings. The molecule has 28 heavy (non-hydrogen) atoms. The summed E-state index contributed by atoms with van der Waals surface area (Å²) in [6.45, 7) is 7.83. The van der Waals surface area contributed by atoms with Crippen LogP contribution in [-0.4, -0.2) is 21.1 Å². The van der Waals surface area contributed by atoms with E-state index in [1.807, 2.05) is 50.2 Å². The summed E-state index contributed by atoms with van der Waals surface area (Å²) in [5.41, 5.74) is 3.82. The van der Waals surface area contributed by atoms with Crippen molar-refractivity contribution in [1.82, 2.24) is 9.97 Å². The topological polar surface area (TPSA) is 78.7 Å². The molecule has 0 saturated heterocycles. The van der Waals surface area contributed by atoms with Gasteiger partial charge in [0.05, 0.1) is 22.0 Å². The van der Waals surface area contributed by atoms with E-state index < -0.39 is 5.25 Å². The monoisotopic (exact) mass is 390 g/mol. The highest BCUT2D eigenvalue weighted by Gasteiger charge is 2.19. The number of anilines is 1. The molecule has 5 nitrogen and oxygen atoms in total. The van der Waals surface area contributed by atoms with Crippen molar-refractivity contribution in [1.29, 1.82) is 5.26 Å². The van der Waals surface area contributed by atoms with Gasteiger partial charge in [-0.2, -0.15) is 5.26 Å². The van der Waals surface area contributed by atoms with Crippen LogP contribution in [0.25, 0.3) is 10.9 Å². The summed E-state index contributed by atoms with van der Waals surface area (Å²) >= 11 is 1.30. The number of nitrogens with zero attached hydrogens (tertiary/aromatic N) is 3. The van der Waals surface area contributed by atoms with Crippen LogP contribution >= 0.6 is 11.8 Å². The molecule has 0 fully saturated rings. The van der Waals surface area contributed by atoms with E-state index >= 15 is 0 Å². The molecule has 3 aromatic rings. The zero-order valence-corrected chi connectivity index (χ0v) is 17.2. The van der Waals surface area contributed by atoms with Gasteiger partial charge in [0, 0.05) is 16.8 Å². The molecule has 1 amide bonds. The largest absolute Gasteiger partial charge is 0.324 e. The van der Waals surface area contributed by atoms with Crippen molar-refractivity contribution in [3.63, 3.8) is 0 Å². The van der Waals surface area contributed by atoms with Gasteiger partial charge in [-0.1, -0.05) is 43.8 Å². The summed E-state index contributed by atoms with van der Waals surface area (Å²) in [6.07, 6.45) is 0. The maximum Gasteiger partial charge on any atom is 0.237 e. The van der Waals surface area contributed by atoms with Gasteiger partial charge in [0.15, 0.2) is 0 Å². The van der Waals surface area contributed by atoms with Crippen molar-refractivity contribution in [3.05, 3.63) is 59.4 Å². The van der Waals surface area contributed by atoms with E-state index in [9.17, 15) is 10.1 Å². The minimum atomic E-state index is -0.408. The smallest absolute Gasteiger partial charge is 0.237 e. The number of nitrogens with one attached hydrogen (secondary N) is 1. The fourth-order valence-corrected chi connectivity index (χ4v) is 3.72. The number of carbonyl (C=O) groups is 1. The number of thioether (sulfide) groups is 1. The quantitative estimate of drug-likeness (QED) is 0.617. The summed E-state index contributed by atoms with van der Waals surface area (Å²) < 4.78 is 0. The number of pyridine rings is 2. The third-order valence-electron chi connectivity index (χ3n) is 4.35. The van der Waals surface area contributed by atoms with Crippen molar-refractivity contribution >= 4 is 34.3 Å². The van der Waals surface area contributed by atoms with Crippen LogP contribution in [0.3, 0.4) is 0 Å². The molecule has 3 rings (SSSR count). The van der Waals surface area contributed by atoms with E-state index in [0.29, 0.717) is 10.6 Å². The van der Waals surface area contributed by atoms with E-state index in [1.54, 1.807) is 6.07 Å². The molecular weight excluding hydrogens is 368 g/mol. The number of aromatic nitrogens is 2. The average molecular weight is 391 g/mol. The van der Waals surface area contributed by atoms with Gasteiger partial charge in [0.25, 0.3) is 0 Å². The Labute approximate surface area is 169 Å². The molecule has 0 radical (unpaired) electrons. The Morgan fingerprint density at radius 3 is 2.61 bits per heavy atom.